The molecule has 2 aliphatic carbocycles. The van der Waals surface area contributed by atoms with Crippen molar-refractivity contribution in [3.63, 3.8) is 0 Å². The van der Waals surface area contributed by atoms with Crippen molar-refractivity contribution in [3.05, 3.63) is 64.8 Å². The lowest BCUT2D eigenvalue weighted by atomic mass is 9.82. The molecule has 98 valence electrons. The van der Waals surface area contributed by atoms with Gasteiger partial charge in [-0.15, -0.1) is 0 Å². The average molecular weight is 250 g/mol. The van der Waals surface area contributed by atoms with Gasteiger partial charge in [0.05, 0.1) is 0 Å². The number of benzene rings is 1. The van der Waals surface area contributed by atoms with Gasteiger partial charge in [0.1, 0.15) is 0 Å². The molecule has 0 heteroatoms. The zero-order chi connectivity index (χ0) is 13.6. The van der Waals surface area contributed by atoms with Crippen molar-refractivity contribution in [1.82, 2.24) is 0 Å². The lowest BCUT2D eigenvalue weighted by Gasteiger charge is -2.21. The van der Waals surface area contributed by atoms with Crippen LogP contribution in [0.15, 0.2) is 53.6 Å². The summed E-state index contributed by atoms with van der Waals surface area (Å²) >= 11 is 0. The van der Waals surface area contributed by atoms with Crippen LogP contribution in [0.1, 0.15) is 45.2 Å². The highest BCUT2D eigenvalue weighted by molar-refractivity contribution is 5.90. The summed E-state index contributed by atoms with van der Waals surface area (Å²) in [4.78, 5) is 0. The molecule has 0 heterocycles. The molecule has 3 rings (SSSR count). The van der Waals surface area contributed by atoms with Crippen LogP contribution >= 0.6 is 0 Å². The summed E-state index contributed by atoms with van der Waals surface area (Å²) in [6, 6.07) is 8.85. The minimum atomic E-state index is 0.130. The summed E-state index contributed by atoms with van der Waals surface area (Å²) in [5.74, 6) is 0.630. The largest absolute Gasteiger partial charge is 0.0723 e. The predicted molar refractivity (Wildman–Crippen MR) is 83.1 cm³/mol. The van der Waals surface area contributed by atoms with Gasteiger partial charge in [0, 0.05) is 5.41 Å². The molecule has 0 nitrogen and oxygen atoms in total. The third-order valence-corrected chi connectivity index (χ3v) is 4.60. The lowest BCUT2D eigenvalue weighted by Crippen LogP contribution is -2.14. The molecule has 0 N–H and O–H groups in total. The summed E-state index contributed by atoms with van der Waals surface area (Å²) in [5.41, 5.74) is 7.48. The molecular weight excluding hydrogens is 228 g/mol. The maximum atomic E-state index is 2.43. The Morgan fingerprint density at radius 2 is 1.79 bits per heavy atom. The first-order valence-corrected chi connectivity index (χ1v) is 7.23. The number of allylic oxidation sites excluding steroid dienone is 6. The smallest absolute Gasteiger partial charge is 0.0158 e. The molecule has 1 aromatic rings. The summed E-state index contributed by atoms with van der Waals surface area (Å²) in [5, 5.41) is 0. The summed E-state index contributed by atoms with van der Waals surface area (Å²) in [7, 11) is 0. The maximum absolute atomic E-state index is 2.43. The van der Waals surface area contributed by atoms with E-state index in [-0.39, 0.29) is 5.41 Å². The van der Waals surface area contributed by atoms with Crippen molar-refractivity contribution in [1.29, 1.82) is 0 Å². The predicted octanol–water partition coefficient (Wildman–Crippen LogP) is 5.27. The van der Waals surface area contributed by atoms with Gasteiger partial charge in [0.25, 0.3) is 0 Å². The van der Waals surface area contributed by atoms with Gasteiger partial charge in [0.2, 0.25) is 0 Å². The zero-order valence-electron chi connectivity index (χ0n) is 12.3. The molecule has 0 aromatic heterocycles. The average Bonchev–Trinajstić information content (AvgIpc) is 2.56. The molecule has 0 saturated carbocycles. The van der Waals surface area contributed by atoms with Crippen LogP contribution in [0.2, 0.25) is 0 Å². The van der Waals surface area contributed by atoms with Crippen LogP contribution < -0.4 is 0 Å². The Bertz CT molecular complexity index is 607. The van der Waals surface area contributed by atoms with Crippen LogP contribution in [0.5, 0.6) is 0 Å². The number of fused-ring (bicyclic) bond motifs is 3. The number of rotatable bonds is 1. The molecule has 0 saturated heterocycles. The van der Waals surface area contributed by atoms with E-state index < -0.39 is 0 Å². The summed E-state index contributed by atoms with van der Waals surface area (Å²) in [6.45, 7) is 9.24. The second kappa shape index (κ2) is 4.23. The quantitative estimate of drug-likeness (QED) is 0.636. The van der Waals surface area contributed by atoms with E-state index in [0.29, 0.717) is 5.92 Å². The monoisotopic (exact) mass is 250 g/mol. The van der Waals surface area contributed by atoms with E-state index >= 15 is 0 Å². The molecule has 0 amide bonds. The Morgan fingerprint density at radius 1 is 1.05 bits per heavy atom. The van der Waals surface area contributed by atoms with E-state index in [1.54, 1.807) is 0 Å². The van der Waals surface area contributed by atoms with Crippen LogP contribution in [0.3, 0.4) is 0 Å². The Kier molecular flexibility index (Phi) is 2.78. The second-order valence-corrected chi connectivity index (χ2v) is 6.47. The highest BCUT2D eigenvalue weighted by Crippen LogP contribution is 2.50. The van der Waals surface area contributed by atoms with Crippen molar-refractivity contribution < 1.29 is 0 Å². The third-order valence-electron chi connectivity index (χ3n) is 4.60. The van der Waals surface area contributed by atoms with Crippen molar-refractivity contribution in [2.75, 3.05) is 0 Å². The number of hydrogen-bond acceptors (Lipinski definition) is 0. The Labute approximate surface area is 116 Å². The fourth-order valence-electron chi connectivity index (χ4n) is 3.31. The van der Waals surface area contributed by atoms with Gasteiger partial charge in [0.15, 0.2) is 0 Å². The van der Waals surface area contributed by atoms with E-state index in [2.05, 4.69) is 70.2 Å². The summed E-state index contributed by atoms with van der Waals surface area (Å²) in [6.07, 6.45) is 8.21. The molecule has 0 atom stereocenters. The molecule has 0 spiro atoms. The van der Waals surface area contributed by atoms with E-state index in [9.17, 15) is 0 Å². The van der Waals surface area contributed by atoms with Crippen LogP contribution in [0.25, 0.3) is 5.57 Å². The topological polar surface area (TPSA) is 0 Å². The lowest BCUT2D eigenvalue weighted by molar-refractivity contribution is 0.661. The standard InChI is InChI=1S/C19H22/c1-13(2)14-9-11-16-15-7-5-6-8-17(15)19(3,4)18(16)12-10-14/h5-8,10-13H,9H2,1-4H3. The molecule has 2 aliphatic rings. The van der Waals surface area contributed by atoms with E-state index in [1.807, 2.05) is 0 Å². The third kappa shape index (κ3) is 1.82. The van der Waals surface area contributed by atoms with Crippen LogP contribution in [-0.2, 0) is 5.41 Å². The van der Waals surface area contributed by atoms with Gasteiger partial charge < -0.3 is 0 Å². The molecular formula is C19H22. The first-order valence-electron chi connectivity index (χ1n) is 7.23. The molecule has 0 aliphatic heterocycles. The Hall–Kier alpha value is -1.56. The van der Waals surface area contributed by atoms with Crippen molar-refractivity contribution in [3.8, 4) is 0 Å². The molecule has 19 heavy (non-hydrogen) atoms. The van der Waals surface area contributed by atoms with Crippen molar-refractivity contribution in [2.24, 2.45) is 5.92 Å². The van der Waals surface area contributed by atoms with Gasteiger partial charge >= 0.3 is 0 Å². The SMILES string of the molecule is CC(C)C1=CC=C2C(=CC1)c1ccccc1C2(C)C. The van der Waals surface area contributed by atoms with E-state index in [1.165, 1.54) is 27.8 Å². The zero-order valence-corrected chi connectivity index (χ0v) is 12.3. The molecule has 0 unspecified atom stereocenters. The first-order chi connectivity index (χ1) is 9.01. The molecule has 1 aromatic carbocycles. The highest BCUT2D eigenvalue weighted by atomic mass is 14.4. The molecule has 0 fully saturated rings. The normalized spacial score (nSPS) is 20.2. The fourth-order valence-corrected chi connectivity index (χ4v) is 3.31. The summed E-state index contributed by atoms with van der Waals surface area (Å²) < 4.78 is 0. The number of hydrogen-bond donors (Lipinski definition) is 0. The first kappa shape index (κ1) is 12.5. The minimum absolute atomic E-state index is 0.130. The van der Waals surface area contributed by atoms with Crippen molar-refractivity contribution in [2.45, 2.75) is 39.5 Å². The van der Waals surface area contributed by atoms with Crippen LogP contribution in [0.4, 0.5) is 0 Å². The van der Waals surface area contributed by atoms with Gasteiger partial charge in [-0.1, -0.05) is 75.8 Å². The Morgan fingerprint density at radius 3 is 2.53 bits per heavy atom. The second-order valence-electron chi connectivity index (χ2n) is 6.47. The molecule has 0 radical (unpaired) electrons. The Balaban J connectivity index is 2.18. The van der Waals surface area contributed by atoms with Gasteiger partial charge in [-0.25, -0.2) is 0 Å². The van der Waals surface area contributed by atoms with E-state index in [4.69, 9.17) is 0 Å². The van der Waals surface area contributed by atoms with Gasteiger partial charge in [-0.3, -0.25) is 0 Å². The van der Waals surface area contributed by atoms with Crippen LogP contribution in [-0.4, -0.2) is 0 Å². The maximum Gasteiger partial charge on any atom is 0.0158 e. The fraction of sp³-hybridized carbons (Fsp3) is 0.368. The highest BCUT2D eigenvalue weighted by Gasteiger charge is 2.37. The minimum Gasteiger partial charge on any atom is -0.0723 e. The van der Waals surface area contributed by atoms with Gasteiger partial charge in [-0.05, 0) is 34.6 Å². The van der Waals surface area contributed by atoms with Crippen molar-refractivity contribution >= 4 is 5.57 Å². The molecule has 0 bridgehead atoms. The van der Waals surface area contributed by atoms with E-state index in [0.717, 1.165) is 6.42 Å². The van der Waals surface area contributed by atoms with Gasteiger partial charge in [-0.2, -0.15) is 0 Å². The van der Waals surface area contributed by atoms with Crippen LogP contribution in [0, 0.1) is 5.92 Å².